The molecule has 1 aliphatic rings. The molecule has 2 N–H and O–H groups in total. The highest BCUT2D eigenvalue weighted by atomic mass is 16.5. The molecule has 7 heteroatoms. The average Bonchev–Trinajstić information content (AvgIpc) is 2.82. The zero-order valence-electron chi connectivity index (χ0n) is 17.9. The molecule has 0 atom stereocenters. The van der Waals surface area contributed by atoms with Crippen molar-refractivity contribution < 1.29 is 14.3 Å². The van der Waals surface area contributed by atoms with Crippen molar-refractivity contribution >= 4 is 23.6 Å². The Morgan fingerprint density at radius 2 is 1.68 bits per heavy atom. The molecule has 164 valence electrons. The van der Waals surface area contributed by atoms with E-state index in [0.29, 0.717) is 19.6 Å². The molecule has 2 aromatic carbocycles. The van der Waals surface area contributed by atoms with Crippen molar-refractivity contribution in [2.24, 2.45) is 0 Å². The highest BCUT2D eigenvalue weighted by Crippen LogP contribution is 2.15. The van der Waals surface area contributed by atoms with Crippen molar-refractivity contribution in [1.29, 1.82) is 0 Å². The van der Waals surface area contributed by atoms with Gasteiger partial charge in [0.1, 0.15) is 5.75 Å². The maximum absolute atomic E-state index is 12.0. The first-order valence-electron chi connectivity index (χ1n) is 10.7. The summed E-state index contributed by atoms with van der Waals surface area (Å²) in [6.07, 6.45) is 3.41. The molecule has 0 unspecified atom stereocenters. The lowest BCUT2D eigenvalue weighted by molar-refractivity contribution is -0.127. The molecule has 1 aliphatic heterocycles. The number of benzene rings is 2. The fourth-order valence-corrected chi connectivity index (χ4v) is 3.38. The van der Waals surface area contributed by atoms with Crippen molar-refractivity contribution in [1.82, 2.24) is 15.8 Å². The number of rotatable bonds is 8. The van der Waals surface area contributed by atoms with Gasteiger partial charge >= 0.3 is 0 Å². The van der Waals surface area contributed by atoms with Gasteiger partial charge in [0.25, 0.3) is 5.91 Å². The van der Waals surface area contributed by atoms with Gasteiger partial charge in [-0.25, -0.2) is 0 Å². The van der Waals surface area contributed by atoms with Crippen LogP contribution >= 0.6 is 0 Å². The summed E-state index contributed by atoms with van der Waals surface area (Å²) >= 11 is 0. The van der Waals surface area contributed by atoms with Crippen LogP contribution in [0.15, 0.2) is 60.7 Å². The monoisotopic (exact) mass is 422 g/mol. The van der Waals surface area contributed by atoms with E-state index < -0.39 is 0 Å². The third-order valence-electron chi connectivity index (χ3n) is 5.09. The Hall–Kier alpha value is -3.32. The standard InChI is InChI=1S/C24H30N4O3/c1-2-31-22-11-8-20(9-12-22)10-13-23(29)25-26-24(30)14-15-27-16-18-28(19-17-27)21-6-4-3-5-7-21/h3-13H,2,14-19H2,1H3,(H,25,29)(H,26,30)/b13-10+. The average molecular weight is 423 g/mol. The van der Waals surface area contributed by atoms with Gasteiger partial charge in [0.2, 0.25) is 5.91 Å². The van der Waals surface area contributed by atoms with E-state index >= 15 is 0 Å². The van der Waals surface area contributed by atoms with Crippen molar-refractivity contribution in [3.63, 3.8) is 0 Å². The Kier molecular flexibility index (Phi) is 8.48. The van der Waals surface area contributed by atoms with Gasteiger partial charge in [0.15, 0.2) is 0 Å². The number of hydrogen-bond acceptors (Lipinski definition) is 5. The van der Waals surface area contributed by atoms with E-state index in [4.69, 9.17) is 4.74 Å². The van der Waals surface area contributed by atoms with Crippen LogP contribution in [-0.2, 0) is 9.59 Å². The molecule has 0 radical (unpaired) electrons. The maximum Gasteiger partial charge on any atom is 0.262 e. The molecule has 1 saturated heterocycles. The van der Waals surface area contributed by atoms with E-state index in [0.717, 1.165) is 37.5 Å². The first-order valence-corrected chi connectivity index (χ1v) is 10.7. The summed E-state index contributed by atoms with van der Waals surface area (Å²) in [6.45, 7) is 6.93. The second-order valence-electron chi connectivity index (χ2n) is 7.29. The van der Waals surface area contributed by atoms with Crippen LogP contribution in [0, 0.1) is 0 Å². The summed E-state index contributed by atoms with van der Waals surface area (Å²) < 4.78 is 5.39. The van der Waals surface area contributed by atoms with Crippen molar-refractivity contribution in [2.45, 2.75) is 13.3 Å². The molecule has 0 saturated carbocycles. The lowest BCUT2D eigenvalue weighted by atomic mass is 10.2. The Balaban J connectivity index is 1.31. The summed E-state index contributed by atoms with van der Waals surface area (Å²) in [5.74, 6) is 0.213. The van der Waals surface area contributed by atoms with Crippen LogP contribution < -0.4 is 20.5 Å². The lowest BCUT2D eigenvalue weighted by Crippen LogP contribution is -2.48. The second kappa shape index (κ2) is 11.8. The summed E-state index contributed by atoms with van der Waals surface area (Å²) in [5, 5.41) is 0. The number of carbonyl (C=O) groups excluding carboxylic acids is 2. The molecule has 2 amide bonds. The SMILES string of the molecule is CCOc1ccc(/C=C/C(=O)NNC(=O)CCN2CCN(c3ccccc3)CC2)cc1. The third-order valence-corrected chi connectivity index (χ3v) is 5.09. The van der Waals surface area contributed by atoms with Gasteiger partial charge in [-0.1, -0.05) is 30.3 Å². The van der Waals surface area contributed by atoms with Crippen LogP contribution in [0.25, 0.3) is 6.08 Å². The van der Waals surface area contributed by atoms with Crippen molar-refractivity contribution in [3.05, 3.63) is 66.2 Å². The molecule has 3 rings (SSSR count). The van der Waals surface area contributed by atoms with Crippen LogP contribution in [0.5, 0.6) is 5.75 Å². The summed E-state index contributed by atoms with van der Waals surface area (Å²) in [5.41, 5.74) is 7.01. The van der Waals surface area contributed by atoms with Gasteiger partial charge in [0, 0.05) is 50.9 Å². The van der Waals surface area contributed by atoms with E-state index in [1.54, 1.807) is 6.08 Å². The number of nitrogens with zero attached hydrogens (tertiary/aromatic N) is 2. The largest absolute Gasteiger partial charge is 0.494 e. The first-order chi connectivity index (χ1) is 15.1. The first kappa shape index (κ1) is 22.4. The van der Waals surface area contributed by atoms with Crippen LogP contribution in [0.3, 0.4) is 0 Å². The Morgan fingerprint density at radius 3 is 2.35 bits per heavy atom. The van der Waals surface area contributed by atoms with Gasteiger partial charge in [-0.05, 0) is 42.8 Å². The fraction of sp³-hybridized carbons (Fsp3) is 0.333. The van der Waals surface area contributed by atoms with Gasteiger partial charge < -0.3 is 9.64 Å². The molecule has 1 fully saturated rings. The van der Waals surface area contributed by atoms with Gasteiger partial charge in [0.05, 0.1) is 6.61 Å². The minimum atomic E-state index is -0.376. The topological polar surface area (TPSA) is 73.9 Å². The molecule has 2 aromatic rings. The smallest absolute Gasteiger partial charge is 0.262 e. The van der Waals surface area contributed by atoms with E-state index in [-0.39, 0.29) is 11.8 Å². The number of ether oxygens (including phenoxy) is 1. The molecule has 0 bridgehead atoms. The molecule has 1 heterocycles. The van der Waals surface area contributed by atoms with E-state index in [1.165, 1.54) is 11.8 Å². The van der Waals surface area contributed by atoms with Crippen LogP contribution in [0.1, 0.15) is 18.9 Å². The number of piperazine rings is 1. The molecule has 7 nitrogen and oxygen atoms in total. The Morgan fingerprint density at radius 1 is 0.968 bits per heavy atom. The Bertz CT molecular complexity index is 860. The normalized spacial score (nSPS) is 14.4. The maximum atomic E-state index is 12.0. The van der Waals surface area contributed by atoms with Gasteiger partial charge in [-0.15, -0.1) is 0 Å². The quantitative estimate of drug-likeness (QED) is 0.505. The summed E-state index contributed by atoms with van der Waals surface area (Å²) in [6, 6.07) is 17.8. The lowest BCUT2D eigenvalue weighted by Gasteiger charge is -2.36. The van der Waals surface area contributed by atoms with Crippen LogP contribution in [-0.4, -0.2) is 56.0 Å². The summed E-state index contributed by atoms with van der Waals surface area (Å²) in [4.78, 5) is 28.6. The molecule has 0 aromatic heterocycles. The molecule has 0 spiro atoms. The van der Waals surface area contributed by atoms with Gasteiger partial charge in [-0.2, -0.15) is 0 Å². The number of nitrogens with one attached hydrogen (secondary N) is 2. The Labute approximate surface area is 183 Å². The number of carbonyl (C=O) groups is 2. The minimum absolute atomic E-state index is 0.201. The van der Waals surface area contributed by atoms with Crippen LogP contribution in [0.4, 0.5) is 5.69 Å². The van der Waals surface area contributed by atoms with Crippen LogP contribution in [0.2, 0.25) is 0 Å². The minimum Gasteiger partial charge on any atom is -0.494 e. The van der Waals surface area contributed by atoms with E-state index in [1.807, 2.05) is 49.4 Å². The third kappa shape index (κ3) is 7.46. The molecule has 0 aliphatic carbocycles. The number of amides is 2. The molecular formula is C24H30N4O3. The van der Waals surface area contributed by atoms with Crippen molar-refractivity contribution in [2.75, 3.05) is 44.2 Å². The predicted molar refractivity (Wildman–Crippen MR) is 123 cm³/mol. The number of anilines is 1. The predicted octanol–water partition coefficient (Wildman–Crippen LogP) is 2.46. The highest BCUT2D eigenvalue weighted by molar-refractivity contribution is 5.93. The van der Waals surface area contributed by atoms with E-state index in [9.17, 15) is 9.59 Å². The zero-order valence-corrected chi connectivity index (χ0v) is 17.9. The number of hydrazine groups is 1. The zero-order chi connectivity index (χ0) is 21.9. The molecule has 31 heavy (non-hydrogen) atoms. The van der Waals surface area contributed by atoms with Gasteiger partial charge in [-0.3, -0.25) is 25.3 Å². The number of hydrogen-bond donors (Lipinski definition) is 2. The number of para-hydroxylation sites is 1. The highest BCUT2D eigenvalue weighted by Gasteiger charge is 2.17. The summed E-state index contributed by atoms with van der Waals surface area (Å²) in [7, 11) is 0. The molecular weight excluding hydrogens is 392 g/mol. The second-order valence-corrected chi connectivity index (χ2v) is 7.29. The fourth-order valence-electron chi connectivity index (χ4n) is 3.38. The van der Waals surface area contributed by atoms with E-state index in [2.05, 4.69) is 32.8 Å². The van der Waals surface area contributed by atoms with Crippen molar-refractivity contribution in [3.8, 4) is 5.75 Å².